The van der Waals surface area contributed by atoms with Crippen LogP contribution < -0.4 is 0 Å². The van der Waals surface area contributed by atoms with Crippen LogP contribution in [0.1, 0.15) is 49.7 Å². The lowest BCUT2D eigenvalue weighted by Gasteiger charge is -2.30. The van der Waals surface area contributed by atoms with Crippen LogP contribution in [-0.4, -0.2) is 19.5 Å². The third kappa shape index (κ3) is 4.10. The average molecular weight is 373 g/mol. The maximum Gasteiger partial charge on any atom is 0.179 e. The molecule has 1 aliphatic rings. The summed E-state index contributed by atoms with van der Waals surface area (Å²) in [5.41, 5.74) is 1.78. The van der Waals surface area contributed by atoms with Gasteiger partial charge >= 0.3 is 0 Å². The van der Waals surface area contributed by atoms with Gasteiger partial charge in [0.15, 0.2) is 9.84 Å². The smallest absolute Gasteiger partial charge is 0.179 e. The standard InChI is InChI=1S/C17H25BrO2S/c1-14-7-8-15(2)16(11-14)21(19,20)13-17(12-18)9-5-3-4-6-10-17/h7-8,11H,3-6,9-10,12-13H2,1-2H3. The molecular formula is C17H25BrO2S. The molecule has 0 radical (unpaired) electrons. The van der Waals surface area contributed by atoms with Crippen molar-refractivity contribution in [3.05, 3.63) is 29.3 Å². The number of benzene rings is 1. The van der Waals surface area contributed by atoms with Crippen molar-refractivity contribution in [1.29, 1.82) is 0 Å². The Morgan fingerprint density at radius 2 is 1.71 bits per heavy atom. The minimum absolute atomic E-state index is 0.0917. The number of alkyl halides is 1. The quantitative estimate of drug-likeness (QED) is 0.561. The van der Waals surface area contributed by atoms with Crippen LogP contribution in [-0.2, 0) is 9.84 Å². The van der Waals surface area contributed by atoms with Crippen LogP contribution in [0.5, 0.6) is 0 Å². The maximum absolute atomic E-state index is 12.9. The number of rotatable bonds is 4. The van der Waals surface area contributed by atoms with Crippen LogP contribution in [0, 0.1) is 19.3 Å². The van der Waals surface area contributed by atoms with Crippen LogP contribution >= 0.6 is 15.9 Å². The van der Waals surface area contributed by atoms with Gasteiger partial charge in [0.25, 0.3) is 0 Å². The summed E-state index contributed by atoms with van der Waals surface area (Å²) in [6.07, 6.45) is 6.79. The molecule has 0 aromatic heterocycles. The normalized spacial score (nSPS) is 19.2. The van der Waals surface area contributed by atoms with Gasteiger partial charge in [-0.25, -0.2) is 8.42 Å². The van der Waals surface area contributed by atoms with Crippen molar-refractivity contribution in [2.45, 2.75) is 57.3 Å². The van der Waals surface area contributed by atoms with Crippen molar-refractivity contribution >= 4 is 25.8 Å². The third-order valence-corrected chi connectivity index (χ3v) is 7.91. The van der Waals surface area contributed by atoms with Gasteiger partial charge in [-0.05, 0) is 49.3 Å². The number of hydrogen-bond donors (Lipinski definition) is 0. The molecule has 0 N–H and O–H groups in total. The molecule has 0 atom stereocenters. The predicted octanol–water partition coefficient (Wildman–Crippen LogP) is 4.81. The van der Waals surface area contributed by atoms with E-state index in [1.165, 1.54) is 12.8 Å². The summed E-state index contributed by atoms with van der Waals surface area (Å²) < 4.78 is 25.9. The molecule has 0 amide bonds. The summed E-state index contributed by atoms with van der Waals surface area (Å²) in [6, 6.07) is 5.71. The molecule has 1 aliphatic carbocycles. The first kappa shape index (κ1) is 17.0. The minimum Gasteiger partial charge on any atom is -0.224 e. The fraction of sp³-hybridized carbons (Fsp3) is 0.647. The second kappa shape index (κ2) is 6.82. The third-order valence-electron chi connectivity index (χ3n) is 4.62. The van der Waals surface area contributed by atoms with Crippen LogP contribution in [0.25, 0.3) is 0 Å². The summed E-state index contributed by atoms with van der Waals surface area (Å²) >= 11 is 3.60. The molecule has 1 aromatic carbocycles. The first-order chi connectivity index (χ1) is 9.88. The van der Waals surface area contributed by atoms with Crippen LogP contribution in [0.4, 0.5) is 0 Å². The van der Waals surface area contributed by atoms with E-state index >= 15 is 0 Å². The Hall–Kier alpha value is -0.350. The summed E-state index contributed by atoms with van der Waals surface area (Å²) in [5, 5.41) is 0.782. The topological polar surface area (TPSA) is 34.1 Å². The molecule has 1 saturated carbocycles. The van der Waals surface area contributed by atoms with Gasteiger partial charge in [0.05, 0.1) is 10.6 Å². The number of sulfone groups is 1. The first-order valence-electron chi connectivity index (χ1n) is 7.75. The summed E-state index contributed by atoms with van der Waals surface area (Å²) in [5.74, 6) is 0.273. The van der Waals surface area contributed by atoms with Crippen LogP contribution in [0.15, 0.2) is 23.1 Å². The molecule has 0 saturated heterocycles. The van der Waals surface area contributed by atoms with Crippen LogP contribution in [0.3, 0.4) is 0 Å². The van der Waals surface area contributed by atoms with E-state index < -0.39 is 9.84 Å². The molecule has 118 valence electrons. The highest BCUT2D eigenvalue weighted by Gasteiger charge is 2.36. The molecule has 1 fully saturated rings. The lowest BCUT2D eigenvalue weighted by molar-refractivity contribution is 0.327. The zero-order chi connectivity index (χ0) is 15.5. The Morgan fingerprint density at radius 3 is 2.29 bits per heavy atom. The highest BCUT2D eigenvalue weighted by atomic mass is 79.9. The van der Waals surface area contributed by atoms with Gasteiger partial charge in [-0.2, -0.15) is 0 Å². The second-order valence-electron chi connectivity index (χ2n) is 6.58. The van der Waals surface area contributed by atoms with Crippen molar-refractivity contribution in [3.8, 4) is 0 Å². The number of hydrogen-bond acceptors (Lipinski definition) is 2. The first-order valence-corrected chi connectivity index (χ1v) is 10.5. The SMILES string of the molecule is Cc1ccc(C)c(S(=O)(=O)CC2(CBr)CCCCCC2)c1. The summed E-state index contributed by atoms with van der Waals surface area (Å²) in [4.78, 5) is 0.520. The van der Waals surface area contributed by atoms with Gasteiger partial charge < -0.3 is 0 Å². The fourth-order valence-electron chi connectivity index (χ4n) is 3.32. The Kier molecular flexibility index (Phi) is 5.53. The average Bonchev–Trinajstić information content (AvgIpc) is 2.67. The van der Waals surface area contributed by atoms with Gasteiger partial charge in [0.1, 0.15) is 0 Å². The van der Waals surface area contributed by atoms with E-state index in [4.69, 9.17) is 0 Å². The van der Waals surface area contributed by atoms with E-state index in [0.717, 1.165) is 42.1 Å². The largest absolute Gasteiger partial charge is 0.224 e. The van der Waals surface area contributed by atoms with E-state index in [1.807, 2.05) is 32.0 Å². The van der Waals surface area contributed by atoms with Crippen molar-refractivity contribution in [2.75, 3.05) is 11.1 Å². The Balaban J connectivity index is 2.32. The molecule has 0 heterocycles. The van der Waals surface area contributed by atoms with E-state index in [0.29, 0.717) is 4.90 Å². The molecule has 1 aromatic rings. The molecule has 4 heteroatoms. The second-order valence-corrected chi connectivity index (χ2v) is 9.09. The van der Waals surface area contributed by atoms with E-state index in [-0.39, 0.29) is 11.2 Å². The molecule has 21 heavy (non-hydrogen) atoms. The van der Waals surface area contributed by atoms with Gasteiger partial charge in [0.2, 0.25) is 0 Å². The maximum atomic E-state index is 12.9. The van der Waals surface area contributed by atoms with Gasteiger partial charge in [0, 0.05) is 5.33 Å². The Bertz CT molecular complexity index is 585. The van der Waals surface area contributed by atoms with Crippen molar-refractivity contribution < 1.29 is 8.42 Å². The number of halogens is 1. The lowest BCUT2D eigenvalue weighted by Crippen LogP contribution is -2.32. The number of aryl methyl sites for hydroxylation is 2. The van der Waals surface area contributed by atoms with Crippen molar-refractivity contribution in [2.24, 2.45) is 5.41 Å². The van der Waals surface area contributed by atoms with Gasteiger partial charge in [-0.15, -0.1) is 0 Å². The Labute approximate surface area is 137 Å². The van der Waals surface area contributed by atoms with E-state index in [1.54, 1.807) is 0 Å². The molecular weight excluding hydrogens is 348 g/mol. The lowest BCUT2D eigenvalue weighted by atomic mass is 9.85. The zero-order valence-electron chi connectivity index (χ0n) is 13.0. The zero-order valence-corrected chi connectivity index (χ0v) is 15.4. The summed E-state index contributed by atoms with van der Waals surface area (Å²) in [6.45, 7) is 3.84. The molecule has 0 unspecified atom stereocenters. The van der Waals surface area contributed by atoms with Crippen molar-refractivity contribution in [1.82, 2.24) is 0 Å². The van der Waals surface area contributed by atoms with Crippen LogP contribution in [0.2, 0.25) is 0 Å². The summed E-state index contributed by atoms with van der Waals surface area (Å²) in [7, 11) is -3.23. The molecule has 2 rings (SSSR count). The minimum atomic E-state index is -3.23. The fourth-order valence-corrected chi connectivity index (χ4v) is 6.62. The molecule has 0 aliphatic heterocycles. The van der Waals surface area contributed by atoms with Gasteiger partial charge in [-0.1, -0.05) is 53.7 Å². The van der Waals surface area contributed by atoms with E-state index in [2.05, 4.69) is 15.9 Å². The molecule has 2 nitrogen and oxygen atoms in total. The molecule has 0 bridgehead atoms. The molecule has 0 spiro atoms. The Morgan fingerprint density at radius 1 is 1.10 bits per heavy atom. The van der Waals surface area contributed by atoms with Gasteiger partial charge in [-0.3, -0.25) is 0 Å². The highest BCUT2D eigenvalue weighted by molar-refractivity contribution is 9.09. The monoisotopic (exact) mass is 372 g/mol. The predicted molar refractivity (Wildman–Crippen MR) is 91.9 cm³/mol. The van der Waals surface area contributed by atoms with Crippen molar-refractivity contribution in [3.63, 3.8) is 0 Å². The highest BCUT2D eigenvalue weighted by Crippen LogP contribution is 2.39. The van der Waals surface area contributed by atoms with E-state index in [9.17, 15) is 8.42 Å².